The molecule has 1 heterocycles. The summed E-state index contributed by atoms with van der Waals surface area (Å²) < 4.78 is 24.9. The number of carbonyl (C=O) groups is 1. The third kappa shape index (κ3) is 2.19. The summed E-state index contributed by atoms with van der Waals surface area (Å²) in [5, 5.41) is 16.4. The molecule has 1 aromatic rings. The lowest BCUT2D eigenvalue weighted by atomic mass is 10.1. The molecule has 0 aliphatic rings. The summed E-state index contributed by atoms with van der Waals surface area (Å²) in [5.74, 6) is -1.60. The number of alkyl halides is 2. The lowest BCUT2D eigenvalue weighted by Crippen LogP contribution is -2.06. The second-order valence-electron chi connectivity index (χ2n) is 2.48. The van der Waals surface area contributed by atoms with Crippen molar-refractivity contribution in [2.24, 2.45) is 0 Å². The van der Waals surface area contributed by atoms with Gasteiger partial charge in [-0.3, -0.25) is 0 Å². The van der Waals surface area contributed by atoms with Gasteiger partial charge in [-0.15, -0.1) is 0 Å². The first-order valence-corrected chi connectivity index (χ1v) is 3.97. The molecule has 0 amide bonds. The average Bonchev–Trinajstić information content (AvgIpc) is 2.15. The zero-order valence-corrected chi connectivity index (χ0v) is 7.79. The molecule has 7 heteroatoms. The zero-order valence-electron chi connectivity index (χ0n) is 7.04. The van der Waals surface area contributed by atoms with E-state index in [2.05, 4.69) is 4.98 Å². The molecule has 0 saturated carbocycles. The van der Waals surface area contributed by atoms with Crippen LogP contribution in [0.5, 0.6) is 0 Å². The van der Waals surface area contributed by atoms with E-state index in [1.54, 1.807) is 0 Å². The van der Waals surface area contributed by atoms with Gasteiger partial charge in [0.25, 0.3) is 6.43 Å². The summed E-state index contributed by atoms with van der Waals surface area (Å²) >= 11 is 5.38. The van der Waals surface area contributed by atoms with Crippen molar-refractivity contribution >= 4 is 17.6 Å². The van der Waals surface area contributed by atoms with Gasteiger partial charge < -0.3 is 5.11 Å². The number of hydrogen-bond donors (Lipinski definition) is 1. The lowest BCUT2D eigenvalue weighted by Gasteiger charge is -2.06. The van der Waals surface area contributed by atoms with Gasteiger partial charge in [-0.25, -0.2) is 18.6 Å². The molecule has 15 heavy (non-hydrogen) atoms. The van der Waals surface area contributed by atoms with Crippen LogP contribution < -0.4 is 0 Å². The van der Waals surface area contributed by atoms with Crippen molar-refractivity contribution < 1.29 is 18.7 Å². The standard InChI is InChI=1S/C8H3ClF2N2O2/c9-6-5(8(14)15)4(7(10)11)1-3(2-12)13-6/h1,7H,(H,14,15). The minimum Gasteiger partial charge on any atom is -0.478 e. The highest BCUT2D eigenvalue weighted by molar-refractivity contribution is 6.32. The van der Waals surface area contributed by atoms with Crippen LogP contribution in [0, 0.1) is 11.3 Å². The van der Waals surface area contributed by atoms with E-state index in [1.807, 2.05) is 0 Å². The number of halogens is 3. The van der Waals surface area contributed by atoms with Crippen molar-refractivity contribution in [3.8, 4) is 6.07 Å². The Kier molecular flexibility index (Phi) is 3.17. The van der Waals surface area contributed by atoms with Crippen molar-refractivity contribution in [1.29, 1.82) is 5.26 Å². The Morgan fingerprint density at radius 1 is 1.67 bits per heavy atom. The fourth-order valence-electron chi connectivity index (χ4n) is 0.974. The smallest absolute Gasteiger partial charge is 0.339 e. The predicted octanol–water partition coefficient (Wildman–Crippen LogP) is 2.24. The van der Waals surface area contributed by atoms with E-state index >= 15 is 0 Å². The number of nitrogens with zero attached hydrogens (tertiary/aromatic N) is 2. The van der Waals surface area contributed by atoms with E-state index in [0.717, 1.165) is 0 Å². The van der Waals surface area contributed by atoms with E-state index < -0.39 is 28.7 Å². The van der Waals surface area contributed by atoms with Gasteiger partial charge in [-0.1, -0.05) is 11.6 Å². The molecule has 4 nitrogen and oxygen atoms in total. The minimum atomic E-state index is -3.02. The minimum absolute atomic E-state index is 0.347. The van der Waals surface area contributed by atoms with E-state index in [0.29, 0.717) is 6.07 Å². The third-order valence-corrected chi connectivity index (χ3v) is 1.84. The number of aromatic carboxylic acids is 1. The van der Waals surface area contributed by atoms with Crippen molar-refractivity contribution in [2.45, 2.75) is 6.43 Å². The summed E-state index contributed by atoms with van der Waals surface area (Å²) in [6.45, 7) is 0. The Labute approximate surface area is 87.7 Å². The second kappa shape index (κ2) is 4.19. The van der Waals surface area contributed by atoms with Gasteiger partial charge in [0, 0.05) is 5.56 Å². The first-order chi connectivity index (χ1) is 6.97. The van der Waals surface area contributed by atoms with Crippen LogP contribution >= 0.6 is 11.6 Å². The number of aromatic nitrogens is 1. The van der Waals surface area contributed by atoms with Gasteiger partial charge >= 0.3 is 5.97 Å². The molecule has 1 aromatic heterocycles. The van der Waals surface area contributed by atoms with Gasteiger partial charge in [0.1, 0.15) is 22.5 Å². The number of carboxylic acid groups (broad SMARTS) is 1. The molecule has 0 atom stereocenters. The van der Waals surface area contributed by atoms with Gasteiger partial charge in [-0.05, 0) is 6.07 Å². The highest BCUT2D eigenvalue weighted by atomic mass is 35.5. The molecular formula is C8H3ClF2N2O2. The Balaban J connectivity index is 3.51. The number of carboxylic acids is 1. The number of pyridine rings is 1. The van der Waals surface area contributed by atoms with E-state index in [9.17, 15) is 13.6 Å². The first-order valence-electron chi connectivity index (χ1n) is 3.59. The van der Waals surface area contributed by atoms with Gasteiger partial charge in [0.15, 0.2) is 0 Å². The van der Waals surface area contributed by atoms with Gasteiger partial charge in [-0.2, -0.15) is 5.26 Å². The second-order valence-corrected chi connectivity index (χ2v) is 2.84. The first kappa shape index (κ1) is 11.3. The molecule has 0 aliphatic carbocycles. The molecule has 0 unspecified atom stereocenters. The quantitative estimate of drug-likeness (QED) is 0.794. The molecule has 0 aromatic carbocycles. The maximum absolute atomic E-state index is 12.4. The fourth-order valence-corrected chi connectivity index (χ4v) is 1.25. The largest absolute Gasteiger partial charge is 0.478 e. The summed E-state index contributed by atoms with van der Waals surface area (Å²) in [6, 6.07) is 2.22. The molecule has 0 spiro atoms. The molecule has 1 rings (SSSR count). The molecule has 0 radical (unpaired) electrons. The van der Waals surface area contributed by atoms with Crippen LogP contribution in [-0.2, 0) is 0 Å². The third-order valence-electron chi connectivity index (χ3n) is 1.57. The summed E-state index contributed by atoms with van der Waals surface area (Å²) in [7, 11) is 0. The van der Waals surface area contributed by atoms with Crippen LogP contribution in [0.2, 0.25) is 5.15 Å². The maximum Gasteiger partial charge on any atom is 0.339 e. The Bertz CT molecular complexity index is 457. The van der Waals surface area contributed by atoms with E-state index in [-0.39, 0.29) is 5.69 Å². The van der Waals surface area contributed by atoms with Crippen LogP contribution in [0.1, 0.15) is 28.0 Å². The van der Waals surface area contributed by atoms with Crippen LogP contribution in [0.4, 0.5) is 8.78 Å². The normalized spacial score (nSPS) is 10.1. The monoisotopic (exact) mass is 232 g/mol. The molecule has 0 fully saturated rings. The van der Waals surface area contributed by atoms with Gasteiger partial charge in [0.2, 0.25) is 0 Å². The highest BCUT2D eigenvalue weighted by Crippen LogP contribution is 2.27. The fraction of sp³-hybridized carbons (Fsp3) is 0.125. The number of hydrogen-bond acceptors (Lipinski definition) is 3. The number of rotatable bonds is 2. The lowest BCUT2D eigenvalue weighted by molar-refractivity contribution is 0.0684. The van der Waals surface area contributed by atoms with Crippen molar-refractivity contribution in [3.63, 3.8) is 0 Å². The summed E-state index contributed by atoms with van der Waals surface area (Å²) in [6.07, 6.45) is -3.02. The maximum atomic E-state index is 12.4. The Morgan fingerprint density at radius 3 is 2.67 bits per heavy atom. The topological polar surface area (TPSA) is 74.0 Å². The Hall–Kier alpha value is -1.74. The van der Waals surface area contributed by atoms with E-state index in [1.165, 1.54) is 6.07 Å². The summed E-state index contributed by atoms with van der Waals surface area (Å²) in [4.78, 5) is 14.0. The molecule has 78 valence electrons. The van der Waals surface area contributed by atoms with Crippen molar-refractivity contribution in [2.75, 3.05) is 0 Å². The molecular weight excluding hydrogens is 230 g/mol. The summed E-state index contributed by atoms with van der Waals surface area (Å²) in [5.41, 5.74) is -1.93. The van der Waals surface area contributed by atoms with Crippen molar-refractivity contribution in [1.82, 2.24) is 4.98 Å². The van der Waals surface area contributed by atoms with E-state index in [4.69, 9.17) is 22.0 Å². The van der Waals surface area contributed by atoms with Gasteiger partial charge in [0.05, 0.1) is 0 Å². The Morgan fingerprint density at radius 2 is 2.27 bits per heavy atom. The molecule has 0 aliphatic heterocycles. The number of nitriles is 1. The van der Waals surface area contributed by atoms with Crippen molar-refractivity contribution in [3.05, 3.63) is 28.0 Å². The predicted molar refractivity (Wildman–Crippen MR) is 45.9 cm³/mol. The highest BCUT2D eigenvalue weighted by Gasteiger charge is 2.23. The molecule has 1 N–H and O–H groups in total. The zero-order chi connectivity index (χ0) is 11.6. The van der Waals surface area contributed by atoms with Crippen LogP contribution in [-0.4, -0.2) is 16.1 Å². The molecule has 0 saturated heterocycles. The SMILES string of the molecule is N#Cc1cc(C(F)F)c(C(=O)O)c(Cl)n1. The van der Waals surface area contributed by atoms with Crippen LogP contribution in [0.15, 0.2) is 6.07 Å². The van der Waals surface area contributed by atoms with Crippen LogP contribution in [0.3, 0.4) is 0 Å². The molecule has 0 bridgehead atoms. The van der Waals surface area contributed by atoms with Crippen LogP contribution in [0.25, 0.3) is 0 Å². The average molecular weight is 233 g/mol.